The summed E-state index contributed by atoms with van der Waals surface area (Å²) >= 11 is 0. The summed E-state index contributed by atoms with van der Waals surface area (Å²) in [4.78, 5) is 0. The average Bonchev–Trinajstić information content (AvgIpc) is 1.91. The topological polar surface area (TPSA) is 0 Å². The van der Waals surface area contributed by atoms with Gasteiger partial charge in [0.1, 0.15) is 5.83 Å². The maximum atomic E-state index is 11.9. The van der Waals surface area contributed by atoms with Gasteiger partial charge in [0.2, 0.25) is 0 Å². The zero-order chi connectivity index (χ0) is 8.57. The Labute approximate surface area is 61.3 Å². The van der Waals surface area contributed by atoms with E-state index in [1.54, 1.807) is 0 Å². The molecule has 2 heteroatoms. The van der Waals surface area contributed by atoms with E-state index >= 15 is 0 Å². The zero-order valence-corrected chi connectivity index (χ0v) is 6.91. The second-order valence-electron chi connectivity index (χ2n) is 1.40. The number of hydrogen-bond donors (Lipinski definition) is 0. The van der Waals surface area contributed by atoms with Gasteiger partial charge in [-0.05, 0) is 13.8 Å². The van der Waals surface area contributed by atoms with Crippen LogP contribution < -0.4 is 0 Å². The predicted molar refractivity (Wildman–Crippen MR) is 41.1 cm³/mol. The molecular weight excluding hydrogens is 134 g/mol. The van der Waals surface area contributed by atoms with E-state index in [1.165, 1.54) is 19.9 Å². The molecule has 0 heterocycles. The van der Waals surface area contributed by atoms with Gasteiger partial charge >= 0.3 is 0 Å². The monoisotopic (exact) mass is 148 g/mol. The molecular formula is C8H14F2. The highest BCUT2D eigenvalue weighted by atomic mass is 19.1. The van der Waals surface area contributed by atoms with Crippen molar-refractivity contribution in [1.82, 2.24) is 0 Å². The molecule has 0 spiro atoms. The molecule has 0 saturated heterocycles. The van der Waals surface area contributed by atoms with Crippen LogP contribution in [0.3, 0.4) is 0 Å². The van der Waals surface area contributed by atoms with Crippen LogP contribution in [0.5, 0.6) is 0 Å². The largest absolute Gasteiger partial charge is 0.212 e. The number of allylic oxidation sites excluding steroid dienone is 4. The van der Waals surface area contributed by atoms with Gasteiger partial charge in [-0.1, -0.05) is 19.9 Å². The normalized spacial score (nSPS) is 12.2. The van der Waals surface area contributed by atoms with E-state index in [0.29, 0.717) is 0 Å². The molecule has 0 amide bonds. The van der Waals surface area contributed by atoms with Crippen molar-refractivity contribution < 1.29 is 8.78 Å². The van der Waals surface area contributed by atoms with Crippen LogP contribution in [0.4, 0.5) is 8.78 Å². The van der Waals surface area contributed by atoms with Gasteiger partial charge in [-0.25, -0.2) is 8.78 Å². The maximum Gasteiger partial charge on any atom is 0.121 e. The fourth-order valence-electron chi connectivity index (χ4n) is 0.273. The minimum atomic E-state index is -0.537. The molecule has 10 heavy (non-hydrogen) atoms. The molecule has 0 saturated carbocycles. The van der Waals surface area contributed by atoms with Crippen molar-refractivity contribution in [3.05, 3.63) is 23.8 Å². The summed E-state index contributed by atoms with van der Waals surface area (Å²) in [7, 11) is 0. The predicted octanol–water partition coefficient (Wildman–Crippen LogP) is 3.76. The molecule has 0 atom stereocenters. The lowest BCUT2D eigenvalue weighted by Crippen LogP contribution is -1.63. The van der Waals surface area contributed by atoms with Crippen molar-refractivity contribution in [1.29, 1.82) is 0 Å². The number of hydrogen-bond acceptors (Lipinski definition) is 0. The highest BCUT2D eigenvalue weighted by Crippen LogP contribution is 2.02. The van der Waals surface area contributed by atoms with E-state index in [4.69, 9.17) is 0 Å². The fraction of sp³-hybridized carbons (Fsp3) is 0.500. The summed E-state index contributed by atoms with van der Waals surface area (Å²) in [6, 6.07) is 0. The van der Waals surface area contributed by atoms with Gasteiger partial charge < -0.3 is 0 Å². The molecule has 0 aliphatic carbocycles. The summed E-state index contributed by atoms with van der Waals surface area (Å²) in [5.74, 6) is -1.05. The Kier molecular flexibility index (Phi) is 10.1. The lowest BCUT2D eigenvalue weighted by Gasteiger charge is -1.81. The molecule has 0 rings (SSSR count). The zero-order valence-electron chi connectivity index (χ0n) is 6.91. The van der Waals surface area contributed by atoms with Crippen LogP contribution in [0.25, 0.3) is 0 Å². The third-order valence-corrected chi connectivity index (χ3v) is 0.613. The molecule has 0 unspecified atom stereocenters. The van der Waals surface area contributed by atoms with Crippen molar-refractivity contribution in [3.63, 3.8) is 0 Å². The first-order valence-electron chi connectivity index (χ1n) is 3.32. The summed E-state index contributed by atoms with van der Waals surface area (Å²) in [6.45, 7) is 6.71. The summed E-state index contributed by atoms with van der Waals surface area (Å²) < 4.78 is 23.6. The minimum absolute atomic E-state index is 0.513. The third kappa shape index (κ3) is 10.3. The van der Waals surface area contributed by atoms with Crippen molar-refractivity contribution in [2.45, 2.75) is 27.7 Å². The molecule has 0 radical (unpaired) electrons. The lowest BCUT2D eigenvalue weighted by molar-refractivity contribution is 0.614. The Morgan fingerprint density at radius 2 is 1.60 bits per heavy atom. The van der Waals surface area contributed by atoms with Crippen LogP contribution in [0.2, 0.25) is 0 Å². The Bertz CT molecular complexity index is 119. The van der Waals surface area contributed by atoms with Gasteiger partial charge in [0.05, 0.1) is 5.83 Å². The fourth-order valence-corrected chi connectivity index (χ4v) is 0.273. The van der Waals surface area contributed by atoms with E-state index in [1.807, 2.05) is 13.8 Å². The van der Waals surface area contributed by atoms with E-state index in [2.05, 4.69) is 0 Å². The van der Waals surface area contributed by atoms with Crippen molar-refractivity contribution in [3.8, 4) is 0 Å². The molecule has 0 aliphatic rings. The van der Waals surface area contributed by atoms with Crippen LogP contribution in [0.1, 0.15) is 27.7 Å². The smallest absolute Gasteiger partial charge is 0.121 e. The van der Waals surface area contributed by atoms with Crippen molar-refractivity contribution in [2.75, 3.05) is 0 Å². The second-order valence-corrected chi connectivity index (χ2v) is 1.40. The molecule has 0 nitrogen and oxygen atoms in total. The van der Waals surface area contributed by atoms with Crippen LogP contribution in [0, 0.1) is 0 Å². The van der Waals surface area contributed by atoms with Gasteiger partial charge in [0, 0.05) is 6.08 Å². The molecule has 60 valence electrons. The first-order chi connectivity index (χ1) is 4.66. The van der Waals surface area contributed by atoms with Gasteiger partial charge in [0.25, 0.3) is 0 Å². The van der Waals surface area contributed by atoms with Gasteiger partial charge in [-0.2, -0.15) is 0 Å². The first kappa shape index (κ1) is 12.1. The molecule has 0 aromatic rings. The Balaban J connectivity index is 0. The SMILES string of the molecule is C/C=C(F)/C=C(/C)F.CC. The van der Waals surface area contributed by atoms with E-state index < -0.39 is 11.7 Å². The molecule has 0 fully saturated rings. The van der Waals surface area contributed by atoms with Crippen LogP contribution in [-0.2, 0) is 0 Å². The van der Waals surface area contributed by atoms with Crippen LogP contribution in [-0.4, -0.2) is 0 Å². The van der Waals surface area contributed by atoms with E-state index in [-0.39, 0.29) is 0 Å². The van der Waals surface area contributed by atoms with Gasteiger partial charge in [-0.15, -0.1) is 0 Å². The average molecular weight is 148 g/mol. The lowest BCUT2D eigenvalue weighted by atomic mass is 10.4. The number of halogens is 2. The second kappa shape index (κ2) is 8.34. The quantitative estimate of drug-likeness (QED) is 0.497. The first-order valence-corrected chi connectivity index (χ1v) is 3.32. The van der Waals surface area contributed by atoms with E-state index in [9.17, 15) is 8.78 Å². The molecule has 0 aromatic carbocycles. The van der Waals surface area contributed by atoms with Crippen LogP contribution in [0.15, 0.2) is 23.8 Å². The maximum absolute atomic E-state index is 11.9. The van der Waals surface area contributed by atoms with E-state index in [0.717, 1.165) is 6.08 Å². The summed E-state index contributed by atoms with van der Waals surface area (Å²) in [5.41, 5.74) is 0. The highest BCUT2D eigenvalue weighted by Gasteiger charge is 1.85. The van der Waals surface area contributed by atoms with Crippen molar-refractivity contribution >= 4 is 0 Å². The third-order valence-electron chi connectivity index (χ3n) is 0.613. The summed E-state index contributed by atoms with van der Waals surface area (Å²) in [5, 5.41) is 0. The van der Waals surface area contributed by atoms with Gasteiger partial charge in [0.15, 0.2) is 0 Å². The highest BCUT2D eigenvalue weighted by molar-refractivity contribution is 5.11. The van der Waals surface area contributed by atoms with Gasteiger partial charge in [-0.3, -0.25) is 0 Å². The number of rotatable bonds is 1. The molecule has 0 bridgehead atoms. The minimum Gasteiger partial charge on any atom is -0.212 e. The summed E-state index contributed by atoms with van der Waals surface area (Å²) in [6.07, 6.45) is 2.03. The Morgan fingerprint density at radius 1 is 1.20 bits per heavy atom. The Hall–Kier alpha value is -0.660. The Morgan fingerprint density at radius 3 is 1.70 bits per heavy atom. The standard InChI is InChI=1S/C6H8F2.C2H6/c1-3-6(8)4-5(2)7;1-2/h3-4H,1-2H3;1-2H3/b5-4-,6-3-;. The molecule has 0 N–H and O–H groups in total. The van der Waals surface area contributed by atoms with Crippen LogP contribution >= 0.6 is 0 Å². The molecule has 0 aromatic heterocycles. The van der Waals surface area contributed by atoms with Crippen molar-refractivity contribution in [2.24, 2.45) is 0 Å². The molecule has 0 aliphatic heterocycles.